The number of benzene rings is 1. The molecule has 1 aromatic rings. The van der Waals surface area contributed by atoms with Crippen molar-refractivity contribution >= 4 is 5.91 Å². The van der Waals surface area contributed by atoms with E-state index < -0.39 is 0 Å². The monoisotopic (exact) mass is 347 g/mol. The topological polar surface area (TPSA) is 42.8 Å². The van der Waals surface area contributed by atoms with E-state index >= 15 is 0 Å². The van der Waals surface area contributed by atoms with Crippen LogP contribution in [0.1, 0.15) is 63.0 Å². The van der Waals surface area contributed by atoms with E-state index in [4.69, 9.17) is 4.74 Å². The van der Waals surface area contributed by atoms with Crippen molar-refractivity contribution in [2.45, 2.75) is 52.4 Å². The Morgan fingerprint density at radius 1 is 1.00 bits per heavy atom. The Morgan fingerprint density at radius 3 is 2.00 bits per heavy atom. The van der Waals surface area contributed by atoms with Gasteiger partial charge in [-0.1, -0.05) is 47.6 Å². The maximum Gasteiger partial charge on any atom is 0.251 e. The summed E-state index contributed by atoms with van der Waals surface area (Å²) in [6.07, 6.45) is 0. The summed E-state index contributed by atoms with van der Waals surface area (Å²) in [6.45, 7) is 18.5. The van der Waals surface area contributed by atoms with Crippen molar-refractivity contribution in [1.29, 1.82) is 0 Å². The average Bonchev–Trinajstić information content (AvgIpc) is 2.53. The van der Waals surface area contributed by atoms with Crippen molar-refractivity contribution in [3.63, 3.8) is 0 Å². The normalized spacial score (nSPS) is 16.7. The number of quaternary nitrogens is 1. The molecule has 4 heteroatoms. The van der Waals surface area contributed by atoms with Gasteiger partial charge < -0.3 is 15.0 Å². The molecule has 0 aromatic heterocycles. The van der Waals surface area contributed by atoms with Crippen LogP contribution in [0.5, 0.6) is 0 Å². The van der Waals surface area contributed by atoms with Gasteiger partial charge in [0.2, 0.25) is 0 Å². The quantitative estimate of drug-likeness (QED) is 0.874. The van der Waals surface area contributed by atoms with E-state index in [2.05, 4.69) is 52.9 Å². The minimum Gasteiger partial charge on any atom is -0.370 e. The molecule has 0 saturated carbocycles. The first kappa shape index (κ1) is 19.9. The second-order valence-corrected chi connectivity index (χ2v) is 9.17. The third-order valence-electron chi connectivity index (χ3n) is 4.89. The van der Waals surface area contributed by atoms with Gasteiger partial charge in [-0.2, -0.15) is 0 Å². The van der Waals surface area contributed by atoms with Crippen LogP contribution in [0.15, 0.2) is 18.2 Å². The molecular formula is C21H35N2O2+. The standard InChI is InChI=1S/C21H34N2O2/c1-20(2,3)17-13-16(14-18(15-17)21(4,5)6)19(24)22-7-8-23-9-11-25-12-10-23/h13-15H,7-12H2,1-6H3,(H,22,24)/p+1. The van der Waals surface area contributed by atoms with Crippen molar-refractivity contribution in [2.75, 3.05) is 39.4 Å². The van der Waals surface area contributed by atoms with Gasteiger partial charge in [-0.05, 0) is 34.1 Å². The van der Waals surface area contributed by atoms with E-state index in [9.17, 15) is 4.79 Å². The molecule has 1 aromatic carbocycles. The third-order valence-corrected chi connectivity index (χ3v) is 4.89. The van der Waals surface area contributed by atoms with Gasteiger partial charge in [-0.15, -0.1) is 0 Å². The van der Waals surface area contributed by atoms with Gasteiger partial charge >= 0.3 is 0 Å². The molecule has 1 aliphatic rings. The Kier molecular flexibility index (Phi) is 6.28. The van der Waals surface area contributed by atoms with E-state index in [-0.39, 0.29) is 16.7 Å². The molecule has 1 fully saturated rings. The predicted molar refractivity (Wildman–Crippen MR) is 103 cm³/mol. The van der Waals surface area contributed by atoms with Gasteiger partial charge in [0.15, 0.2) is 0 Å². The Labute approximate surface area is 152 Å². The summed E-state index contributed by atoms with van der Waals surface area (Å²) in [4.78, 5) is 14.2. The minimum absolute atomic E-state index is 0.0221. The molecule has 0 unspecified atom stereocenters. The first-order valence-corrected chi connectivity index (χ1v) is 9.43. The summed E-state index contributed by atoms with van der Waals surface area (Å²) in [7, 11) is 0. The number of nitrogens with one attached hydrogen (secondary N) is 2. The number of morpholine rings is 1. The lowest BCUT2D eigenvalue weighted by atomic mass is 9.79. The van der Waals surface area contributed by atoms with E-state index in [1.807, 2.05) is 12.1 Å². The maximum atomic E-state index is 12.7. The minimum atomic E-state index is 0.0221. The lowest BCUT2D eigenvalue weighted by Gasteiger charge is -2.26. The SMILES string of the molecule is CC(C)(C)c1cc(C(=O)NCC[NH+]2CCOCC2)cc(C(C)(C)C)c1. The number of hydrogen-bond acceptors (Lipinski definition) is 2. The van der Waals surface area contributed by atoms with Crippen molar-refractivity contribution < 1.29 is 14.4 Å². The number of carbonyl (C=O) groups excluding carboxylic acids is 1. The van der Waals surface area contributed by atoms with Crippen molar-refractivity contribution in [2.24, 2.45) is 0 Å². The largest absolute Gasteiger partial charge is 0.370 e. The van der Waals surface area contributed by atoms with Crippen LogP contribution in [0, 0.1) is 0 Å². The molecule has 140 valence electrons. The summed E-state index contributed by atoms with van der Waals surface area (Å²) in [5.74, 6) is 0.0317. The molecule has 4 nitrogen and oxygen atoms in total. The number of carbonyl (C=O) groups is 1. The Balaban J connectivity index is 2.09. The van der Waals surface area contributed by atoms with Gasteiger partial charge in [0, 0.05) is 5.56 Å². The highest BCUT2D eigenvalue weighted by Gasteiger charge is 2.22. The molecule has 0 aliphatic carbocycles. The van der Waals surface area contributed by atoms with Crippen LogP contribution in [0.2, 0.25) is 0 Å². The number of ether oxygens (including phenoxy) is 1. The highest BCUT2D eigenvalue weighted by Crippen LogP contribution is 2.30. The Bertz CT molecular complexity index is 559. The van der Waals surface area contributed by atoms with Crippen LogP contribution in [-0.2, 0) is 15.6 Å². The molecule has 1 amide bonds. The van der Waals surface area contributed by atoms with Crippen LogP contribution in [0.25, 0.3) is 0 Å². The zero-order chi connectivity index (χ0) is 18.7. The first-order chi connectivity index (χ1) is 11.6. The van der Waals surface area contributed by atoms with Crippen molar-refractivity contribution in [1.82, 2.24) is 5.32 Å². The zero-order valence-electron chi connectivity index (χ0n) is 16.8. The summed E-state index contributed by atoms with van der Waals surface area (Å²) < 4.78 is 5.38. The van der Waals surface area contributed by atoms with E-state index in [0.29, 0.717) is 6.54 Å². The highest BCUT2D eigenvalue weighted by atomic mass is 16.5. The van der Waals surface area contributed by atoms with E-state index in [1.54, 1.807) is 0 Å². The third kappa shape index (κ3) is 5.82. The first-order valence-electron chi connectivity index (χ1n) is 9.43. The van der Waals surface area contributed by atoms with Gasteiger partial charge in [-0.3, -0.25) is 4.79 Å². The lowest BCUT2D eigenvalue weighted by molar-refractivity contribution is -0.906. The van der Waals surface area contributed by atoms with Crippen molar-refractivity contribution in [3.05, 3.63) is 34.9 Å². The zero-order valence-corrected chi connectivity index (χ0v) is 16.8. The average molecular weight is 348 g/mol. The Morgan fingerprint density at radius 2 is 1.52 bits per heavy atom. The Hall–Kier alpha value is -1.39. The van der Waals surface area contributed by atoms with Gasteiger partial charge in [0.05, 0.1) is 26.3 Å². The fourth-order valence-corrected chi connectivity index (χ4v) is 2.99. The molecule has 2 N–H and O–H groups in total. The molecule has 1 aliphatic heterocycles. The second-order valence-electron chi connectivity index (χ2n) is 9.17. The highest BCUT2D eigenvalue weighted by molar-refractivity contribution is 5.94. The molecule has 1 saturated heterocycles. The fraction of sp³-hybridized carbons (Fsp3) is 0.667. The molecule has 2 rings (SSSR count). The summed E-state index contributed by atoms with van der Waals surface area (Å²) in [6, 6.07) is 6.34. The number of rotatable bonds is 4. The van der Waals surface area contributed by atoms with Crippen LogP contribution >= 0.6 is 0 Å². The predicted octanol–water partition coefficient (Wildman–Crippen LogP) is 1.93. The summed E-state index contributed by atoms with van der Waals surface area (Å²) >= 11 is 0. The molecule has 0 atom stereocenters. The van der Waals surface area contributed by atoms with E-state index in [0.717, 1.165) is 38.4 Å². The lowest BCUT2D eigenvalue weighted by Crippen LogP contribution is -3.14. The molecule has 0 spiro atoms. The van der Waals surface area contributed by atoms with Gasteiger partial charge in [0.25, 0.3) is 5.91 Å². The molecule has 25 heavy (non-hydrogen) atoms. The number of hydrogen-bond donors (Lipinski definition) is 2. The van der Waals surface area contributed by atoms with Crippen LogP contribution < -0.4 is 10.2 Å². The van der Waals surface area contributed by atoms with Gasteiger partial charge in [-0.25, -0.2) is 0 Å². The van der Waals surface area contributed by atoms with Crippen LogP contribution in [-0.4, -0.2) is 45.3 Å². The molecule has 1 heterocycles. The maximum absolute atomic E-state index is 12.7. The van der Waals surface area contributed by atoms with Crippen molar-refractivity contribution in [3.8, 4) is 0 Å². The van der Waals surface area contributed by atoms with E-state index in [1.165, 1.54) is 16.0 Å². The van der Waals surface area contributed by atoms with Gasteiger partial charge in [0.1, 0.15) is 13.1 Å². The molecule has 0 radical (unpaired) electrons. The second kappa shape index (κ2) is 7.88. The summed E-state index contributed by atoms with van der Waals surface area (Å²) in [5, 5.41) is 3.10. The van der Waals surface area contributed by atoms with Crippen LogP contribution in [0.3, 0.4) is 0 Å². The molecule has 0 bridgehead atoms. The van der Waals surface area contributed by atoms with Crippen LogP contribution in [0.4, 0.5) is 0 Å². The smallest absolute Gasteiger partial charge is 0.251 e. The summed E-state index contributed by atoms with van der Waals surface area (Å²) in [5.41, 5.74) is 3.24. The number of amides is 1. The molecular weight excluding hydrogens is 312 g/mol. The fourth-order valence-electron chi connectivity index (χ4n) is 2.99.